The van der Waals surface area contributed by atoms with Crippen LogP contribution in [0.5, 0.6) is 0 Å². The third-order valence-electron chi connectivity index (χ3n) is 6.54. The van der Waals surface area contributed by atoms with Crippen LogP contribution in [0, 0.1) is 0 Å². The molecule has 0 spiro atoms. The van der Waals surface area contributed by atoms with Gasteiger partial charge in [0.05, 0.1) is 13.1 Å². The van der Waals surface area contributed by atoms with Crippen LogP contribution in [0.3, 0.4) is 0 Å². The average Bonchev–Trinajstić information content (AvgIpc) is 3.28. The number of imidazole rings is 1. The fourth-order valence-corrected chi connectivity index (χ4v) is 4.63. The maximum atomic E-state index is 2.37. The Hall–Kier alpha value is -2.35. The van der Waals surface area contributed by atoms with Gasteiger partial charge in [-0.2, -0.15) is 0 Å². The van der Waals surface area contributed by atoms with Crippen molar-refractivity contribution < 1.29 is 4.57 Å². The molecule has 2 heteroatoms. The number of rotatable bonds is 16. The number of benzene rings is 2. The highest BCUT2D eigenvalue weighted by molar-refractivity contribution is 5.23. The summed E-state index contributed by atoms with van der Waals surface area (Å²) in [6.07, 6.45) is 21.8. The van der Waals surface area contributed by atoms with Gasteiger partial charge in [0, 0.05) is 5.92 Å². The standard InChI is InChI=1S/C30H43N2/c1-2-3-4-5-6-7-8-9-10-17-22-31-23-24-32(27-31)26-30(29-20-15-12-16-21-29)25-28-18-13-11-14-19-28/h11-16,18-21,23-24,27,30H,2-10,17,22,25-26H2,1H3/q+1. The van der Waals surface area contributed by atoms with Gasteiger partial charge < -0.3 is 0 Å². The van der Waals surface area contributed by atoms with Gasteiger partial charge in [-0.05, 0) is 30.4 Å². The summed E-state index contributed by atoms with van der Waals surface area (Å²) >= 11 is 0. The molecule has 0 N–H and O–H groups in total. The van der Waals surface area contributed by atoms with E-state index in [2.05, 4.69) is 95.4 Å². The third kappa shape index (κ3) is 9.02. The summed E-state index contributed by atoms with van der Waals surface area (Å²) in [6, 6.07) is 21.9. The summed E-state index contributed by atoms with van der Waals surface area (Å²) in [4.78, 5) is 0. The Kier molecular flexibility index (Phi) is 11.1. The van der Waals surface area contributed by atoms with Crippen LogP contribution in [0.4, 0.5) is 0 Å². The van der Waals surface area contributed by atoms with Gasteiger partial charge in [0.2, 0.25) is 6.33 Å². The lowest BCUT2D eigenvalue weighted by atomic mass is 9.92. The Balaban J connectivity index is 1.41. The van der Waals surface area contributed by atoms with Crippen LogP contribution in [-0.2, 0) is 19.5 Å². The molecule has 1 heterocycles. The van der Waals surface area contributed by atoms with E-state index in [1.54, 1.807) is 0 Å². The Labute approximate surface area is 196 Å². The van der Waals surface area contributed by atoms with Crippen molar-refractivity contribution in [1.82, 2.24) is 4.57 Å². The fourth-order valence-electron chi connectivity index (χ4n) is 4.63. The van der Waals surface area contributed by atoms with Gasteiger partial charge >= 0.3 is 0 Å². The second-order valence-electron chi connectivity index (χ2n) is 9.33. The van der Waals surface area contributed by atoms with Crippen LogP contribution in [0.2, 0.25) is 0 Å². The largest absolute Gasteiger partial charge is 0.243 e. The number of nitrogens with zero attached hydrogens (tertiary/aromatic N) is 2. The molecule has 32 heavy (non-hydrogen) atoms. The molecule has 3 aromatic rings. The molecule has 1 aromatic heterocycles. The highest BCUT2D eigenvalue weighted by Crippen LogP contribution is 2.21. The number of hydrogen-bond acceptors (Lipinski definition) is 0. The quantitative estimate of drug-likeness (QED) is 0.162. The van der Waals surface area contributed by atoms with E-state index in [1.807, 2.05) is 0 Å². The van der Waals surface area contributed by atoms with Gasteiger partial charge in [-0.3, -0.25) is 0 Å². The molecule has 0 aliphatic rings. The van der Waals surface area contributed by atoms with Crippen LogP contribution in [-0.4, -0.2) is 4.57 Å². The van der Waals surface area contributed by atoms with E-state index in [1.165, 1.54) is 75.3 Å². The topological polar surface area (TPSA) is 8.81 Å². The van der Waals surface area contributed by atoms with Gasteiger partial charge in [0.15, 0.2) is 0 Å². The molecule has 0 radical (unpaired) electrons. The monoisotopic (exact) mass is 431 g/mol. The van der Waals surface area contributed by atoms with Gasteiger partial charge in [0.1, 0.15) is 12.4 Å². The van der Waals surface area contributed by atoms with Crippen molar-refractivity contribution in [2.24, 2.45) is 0 Å². The minimum absolute atomic E-state index is 0.483. The molecular formula is C30H43N2+. The molecule has 172 valence electrons. The Morgan fingerprint density at radius 2 is 1.31 bits per heavy atom. The lowest BCUT2D eigenvalue weighted by Crippen LogP contribution is -2.35. The normalized spacial score (nSPS) is 12.2. The lowest BCUT2D eigenvalue weighted by Gasteiger charge is -2.15. The molecule has 2 nitrogen and oxygen atoms in total. The summed E-state index contributed by atoms with van der Waals surface area (Å²) in [7, 11) is 0. The first-order valence-corrected chi connectivity index (χ1v) is 13.0. The molecule has 0 saturated carbocycles. The molecule has 2 aromatic carbocycles. The summed E-state index contributed by atoms with van der Waals surface area (Å²) in [5.74, 6) is 0.483. The van der Waals surface area contributed by atoms with Crippen molar-refractivity contribution in [3.63, 3.8) is 0 Å². The predicted octanol–water partition coefficient (Wildman–Crippen LogP) is 7.72. The molecule has 0 bridgehead atoms. The zero-order valence-corrected chi connectivity index (χ0v) is 20.2. The highest BCUT2D eigenvalue weighted by atomic mass is 15.1. The van der Waals surface area contributed by atoms with E-state index in [9.17, 15) is 0 Å². The molecular weight excluding hydrogens is 388 g/mol. The van der Waals surface area contributed by atoms with Crippen LogP contribution in [0.1, 0.15) is 88.2 Å². The van der Waals surface area contributed by atoms with Crippen molar-refractivity contribution in [3.8, 4) is 0 Å². The van der Waals surface area contributed by atoms with Gasteiger partial charge in [-0.15, -0.1) is 0 Å². The van der Waals surface area contributed by atoms with Crippen molar-refractivity contribution >= 4 is 0 Å². The molecule has 0 amide bonds. The van der Waals surface area contributed by atoms with E-state index in [4.69, 9.17) is 0 Å². The average molecular weight is 432 g/mol. The second-order valence-corrected chi connectivity index (χ2v) is 9.33. The van der Waals surface area contributed by atoms with Crippen LogP contribution < -0.4 is 4.57 Å². The predicted molar refractivity (Wildman–Crippen MR) is 136 cm³/mol. The van der Waals surface area contributed by atoms with Gasteiger partial charge in [-0.1, -0.05) is 119 Å². The number of hydrogen-bond donors (Lipinski definition) is 0. The zero-order chi connectivity index (χ0) is 22.3. The zero-order valence-electron chi connectivity index (χ0n) is 20.2. The number of aryl methyl sites for hydroxylation is 1. The van der Waals surface area contributed by atoms with Crippen LogP contribution in [0.15, 0.2) is 79.4 Å². The highest BCUT2D eigenvalue weighted by Gasteiger charge is 2.16. The van der Waals surface area contributed by atoms with Crippen molar-refractivity contribution in [2.45, 2.75) is 96.6 Å². The summed E-state index contributed by atoms with van der Waals surface area (Å²) in [5.41, 5.74) is 2.83. The molecule has 0 aliphatic carbocycles. The van der Waals surface area contributed by atoms with Crippen molar-refractivity contribution in [2.75, 3.05) is 0 Å². The van der Waals surface area contributed by atoms with Crippen molar-refractivity contribution in [3.05, 3.63) is 90.5 Å². The molecule has 0 saturated heterocycles. The minimum atomic E-state index is 0.483. The van der Waals surface area contributed by atoms with E-state index in [-0.39, 0.29) is 0 Å². The van der Waals surface area contributed by atoms with Gasteiger partial charge in [-0.25, -0.2) is 9.13 Å². The molecule has 3 rings (SSSR count). The maximum Gasteiger partial charge on any atom is 0.243 e. The van der Waals surface area contributed by atoms with Crippen molar-refractivity contribution in [1.29, 1.82) is 0 Å². The van der Waals surface area contributed by atoms with E-state index < -0.39 is 0 Å². The summed E-state index contributed by atoms with van der Waals surface area (Å²) in [5, 5.41) is 0. The Morgan fingerprint density at radius 1 is 0.719 bits per heavy atom. The minimum Gasteiger partial charge on any atom is -0.237 e. The molecule has 1 atom stereocenters. The van der Waals surface area contributed by atoms with E-state index >= 15 is 0 Å². The third-order valence-corrected chi connectivity index (χ3v) is 6.54. The fraction of sp³-hybridized carbons (Fsp3) is 0.500. The van der Waals surface area contributed by atoms with Crippen LogP contribution in [0.25, 0.3) is 0 Å². The first kappa shape index (κ1) is 24.3. The summed E-state index contributed by atoms with van der Waals surface area (Å²) in [6.45, 7) is 4.45. The van der Waals surface area contributed by atoms with E-state index in [0.29, 0.717) is 5.92 Å². The van der Waals surface area contributed by atoms with Crippen LogP contribution >= 0.6 is 0 Å². The van der Waals surface area contributed by atoms with Gasteiger partial charge in [0.25, 0.3) is 0 Å². The second kappa shape index (κ2) is 14.7. The molecule has 1 unspecified atom stereocenters. The first-order valence-electron chi connectivity index (χ1n) is 13.0. The Bertz CT molecular complexity index is 838. The molecule has 0 fully saturated rings. The smallest absolute Gasteiger partial charge is 0.237 e. The van der Waals surface area contributed by atoms with E-state index in [0.717, 1.165) is 19.5 Å². The Morgan fingerprint density at radius 3 is 1.97 bits per heavy atom. The number of aromatic nitrogens is 2. The lowest BCUT2D eigenvalue weighted by molar-refractivity contribution is -0.699. The SMILES string of the molecule is CCCCCCCCCCCCn1cc[n+](CC(Cc2ccccc2)c2ccccc2)c1. The first-order chi connectivity index (χ1) is 15.8. The molecule has 0 aliphatic heterocycles. The summed E-state index contributed by atoms with van der Waals surface area (Å²) < 4.78 is 4.74. The number of unbranched alkanes of at least 4 members (excludes halogenated alkanes) is 9. The maximum absolute atomic E-state index is 2.37.